The van der Waals surface area contributed by atoms with Crippen LogP contribution in [0.25, 0.3) is 0 Å². The van der Waals surface area contributed by atoms with Gasteiger partial charge < -0.3 is 9.53 Å². The second-order valence-electron chi connectivity index (χ2n) is 2.89. The first kappa shape index (κ1) is 11.7. The number of methoxy groups -OCH3 is 1. The Bertz CT molecular complexity index is 330. The van der Waals surface area contributed by atoms with E-state index in [9.17, 15) is 4.79 Å². The van der Waals surface area contributed by atoms with Crippen molar-refractivity contribution in [2.75, 3.05) is 13.7 Å². The summed E-state index contributed by atoms with van der Waals surface area (Å²) in [6, 6.07) is 7.18. The van der Waals surface area contributed by atoms with E-state index in [0.717, 1.165) is 11.8 Å². The first-order valence-corrected chi connectivity index (χ1v) is 5.20. The summed E-state index contributed by atoms with van der Waals surface area (Å²) < 4.78 is 4.12. The van der Waals surface area contributed by atoms with Gasteiger partial charge in [-0.15, -0.1) is 0 Å². The van der Waals surface area contributed by atoms with E-state index in [1.165, 1.54) is 7.11 Å². The first-order chi connectivity index (χ1) is 6.64. The van der Waals surface area contributed by atoms with Crippen LogP contribution in [-0.2, 0) is 13.9 Å². The van der Waals surface area contributed by atoms with Gasteiger partial charge in [0.25, 0.3) is 0 Å². The summed E-state index contributed by atoms with van der Waals surface area (Å²) in [6.45, 7) is 0.250. The summed E-state index contributed by atoms with van der Waals surface area (Å²) in [5, 5.41) is 0.550. The number of aldehydes is 1. The van der Waals surface area contributed by atoms with E-state index < -0.39 is 4.32 Å². The fourth-order valence-corrected chi connectivity index (χ4v) is 2.18. The molecule has 0 aliphatic carbocycles. The number of carbonyl (C=O) groups excluding carboxylic acids is 1. The molecule has 0 bridgehead atoms. The predicted octanol–water partition coefficient (Wildman–Crippen LogP) is 2.78. The third kappa shape index (κ3) is 2.35. The Hall–Kier alpha value is -0.380. The molecule has 1 unspecified atom stereocenters. The predicted molar refractivity (Wildman–Crippen MR) is 60.0 cm³/mol. The fraction of sp³-hybridized carbons (Fsp3) is 0.300. The summed E-state index contributed by atoms with van der Waals surface area (Å²) in [5.41, 5.74) is 0.721. The van der Waals surface area contributed by atoms with Gasteiger partial charge in [0.15, 0.2) is 0 Å². The van der Waals surface area contributed by atoms with Crippen molar-refractivity contribution in [3.63, 3.8) is 0 Å². The van der Waals surface area contributed by atoms with Crippen molar-refractivity contribution in [3.05, 3.63) is 34.9 Å². The molecule has 0 saturated carbocycles. The second-order valence-corrected chi connectivity index (χ2v) is 4.72. The molecule has 1 rings (SSSR count). The highest BCUT2D eigenvalue weighted by molar-refractivity contribution is 9.10. The van der Waals surface area contributed by atoms with Crippen molar-refractivity contribution in [2.24, 2.45) is 0 Å². The van der Waals surface area contributed by atoms with E-state index in [2.05, 4.69) is 15.9 Å². The van der Waals surface area contributed by atoms with Crippen LogP contribution in [0.1, 0.15) is 5.56 Å². The Morgan fingerprint density at radius 2 is 2.21 bits per heavy atom. The van der Waals surface area contributed by atoms with E-state index in [1.54, 1.807) is 12.1 Å². The molecular weight excluding hydrogens is 267 g/mol. The van der Waals surface area contributed by atoms with Gasteiger partial charge in [-0.05, 0) is 11.6 Å². The van der Waals surface area contributed by atoms with Crippen molar-refractivity contribution in [2.45, 2.75) is 4.32 Å². The van der Waals surface area contributed by atoms with Crippen LogP contribution in [0.4, 0.5) is 0 Å². The minimum atomic E-state index is -0.847. The van der Waals surface area contributed by atoms with Gasteiger partial charge in [0.05, 0.1) is 6.61 Å². The molecule has 0 amide bonds. The maximum absolute atomic E-state index is 11.0. The van der Waals surface area contributed by atoms with Crippen LogP contribution in [0.15, 0.2) is 24.3 Å². The lowest BCUT2D eigenvalue weighted by Crippen LogP contribution is -2.26. The molecule has 0 aliphatic rings. The van der Waals surface area contributed by atoms with Crippen LogP contribution in [0, 0.1) is 0 Å². The topological polar surface area (TPSA) is 26.3 Å². The van der Waals surface area contributed by atoms with Crippen LogP contribution < -0.4 is 0 Å². The van der Waals surface area contributed by atoms with Crippen LogP contribution >= 0.6 is 27.5 Å². The lowest BCUT2D eigenvalue weighted by molar-refractivity contribution is -0.111. The molecule has 0 spiro atoms. The quantitative estimate of drug-likeness (QED) is 0.625. The lowest BCUT2D eigenvalue weighted by atomic mass is 10.0. The van der Waals surface area contributed by atoms with Crippen LogP contribution in [0.2, 0.25) is 5.02 Å². The van der Waals surface area contributed by atoms with Crippen molar-refractivity contribution in [3.8, 4) is 0 Å². The van der Waals surface area contributed by atoms with E-state index >= 15 is 0 Å². The zero-order chi connectivity index (χ0) is 10.6. The summed E-state index contributed by atoms with van der Waals surface area (Å²) in [5.74, 6) is 0. The lowest BCUT2D eigenvalue weighted by Gasteiger charge is -2.21. The van der Waals surface area contributed by atoms with Crippen molar-refractivity contribution < 1.29 is 9.53 Å². The minimum Gasteiger partial charge on any atom is -0.382 e. The van der Waals surface area contributed by atoms with Gasteiger partial charge in [0.1, 0.15) is 10.6 Å². The van der Waals surface area contributed by atoms with Crippen LogP contribution in [-0.4, -0.2) is 20.0 Å². The van der Waals surface area contributed by atoms with Gasteiger partial charge >= 0.3 is 0 Å². The van der Waals surface area contributed by atoms with Gasteiger partial charge in [-0.2, -0.15) is 0 Å². The molecule has 0 saturated heterocycles. The zero-order valence-electron chi connectivity index (χ0n) is 7.67. The molecule has 0 radical (unpaired) electrons. The average Bonchev–Trinajstić information content (AvgIpc) is 2.18. The van der Waals surface area contributed by atoms with Crippen LogP contribution in [0.5, 0.6) is 0 Å². The molecule has 2 nitrogen and oxygen atoms in total. The highest BCUT2D eigenvalue weighted by Gasteiger charge is 2.30. The maximum Gasteiger partial charge on any atom is 0.143 e. The summed E-state index contributed by atoms with van der Waals surface area (Å²) >= 11 is 9.30. The number of carbonyl (C=O) groups is 1. The number of ether oxygens (including phenoxy) is 1. The monoisotopic (exact) mass is 276 g/mol. The maximum atomic E-state index is 11.0. The first-order valence-electron chi connectivity index (χ1n) is 4.03. The van der Waals surface area contributed by atoms with E-state index in [0.29, 0.717) is 5.02 Å². The van der Waals surface area contributed by atoms with Gasteiger partial charge in [-0.1, -0.05) is 45.7 Å². The van der Waals surface area contributed by atoms with Gasteiger partial charge in [-0.25, -0.2) is 0 Å². The largest absolute Gasteiger partial charge is 0.382 e. The number of rotatable bonds is 4. The second kappa shape index (κ2) is 4.91. The molecule has 0 fully saturated rings. The molecule has 76 valence electrons. The minimum absolute atomic E-state index is 0.250. The fourth-order valence-electron chi connectivity index (χ4n) is 1.18. The van der Waals surface area contributed by atoms with E-state index in [4.69, 9.17) is 16.3 Å². The normalized spacial score (nSPS) is 14.8. The highest BCUT2D eigenvalue weighted by atomic mass is 79.9. The Labute approximate surface area is 96.3 Å². The van der Waals surface area contributed by atoms with Crippen LogP contribution in [0.3, 0.4) is 0 Å². The average molecular weight is 278 g/mol. The molecule has 4 heteroatoms. The molecule has 0 aromatic heterocycles. The van der Waals surface area contributed by atoms with Crippen molar-refractivity contribution in [1.82, 2.24) is 0 Å². The van der Waals surface area contributed by atoms with Gasteiger partial charge in [0.2, 0.25) is 0 Å². The molecule has 1 atom stereocenters. The molecule has 0 aliphatic heterocycles. The molecule has 14 heavy (non-hydrogen) atoms. The highest BCUT2D eigenvalue weighted by Crippen LogP contribution is 2.34. The number of halogens is 2. The molecule has 0 heterocycles. The standard InChI is InChI=1S/C10H10BrClO2/c1-14-7-10(11,6-13)8-4-2-3-5-9(8)12/h2-6H,7H2,1H3. The van der Waals surface area contributed by atoms with Crippen molar-refractivity contribution in [1.29, 1.82) is 0 Å². The van der Waals surface area contributed by atoms with E-state index in [1.807, 2.05) is 12.1 Å². The Morgan fingerprint density at radius 1 is 1.57 bits per heavy atom. The molecular formula is C10H10BrClO2. The van der Waals surface area contributed by atoms with Gasteiger partial charge in [0, 0.05) is 12.1 Å². The molecule has 1 aromatic rings. The summed E-state index contributed by atoms with van der Waals surface area (Å²) in [6.07, 6.45) is 0.789. The van der Waals surface area contributed by atoms with E-state index in [-0.39, 0.29) is 6.61 Å². The molecule has 0 N–H and O–H groups in total. The smallest absolute Gasteiger partial charge is 0.143 e. The third-order valence-corrected chi connectivity index (χ3v) is 3.04. The number of benzene rings is 1. The third-order valence-electron chi connectivity index (χ3n) is 1.86. The number of alkyl halides is 1. The molecule has 1 aromatic carbocycles. The Balaban J connectivity index is 3.12. The Kier molecular flexibility index (Phi) is 4.11. The summed E-state index contributed by atoms with van der Waals surface area (Å²) in [4.78, 5) is 11.0. The van der Waals surface area contributed by atoms with Crippen molar-refractivity contribution >= 4 is 33.8 Å². The summed E-state index contributed by atoms with van der Waals surface area (Å²) in [7, 11) is 1.54. The SMILES string of the molecule is COCC(Br)(C=O)c1ccccc1Cl. The van der Waals surface area contributed by atoms with Gasteiger partial charge in [-0.3, -0.25) is 0 Å². The number of hydrogen-bond donors (Lipinski definition) is 0. The zero-order valence-corrected chi connectivity index (χ0v) is 10.0. The number of hydrogen-bond acceptors (Lipinski definition) is 2. The Morgan fingerprint density at radius 3 is 2.71 bits per heavy atom.